The van der Waals surface area contributed by atoms with Crippen LogP contribution in [0.2, 0.25) is 0 Å². The molecule has 2 heterocycles. The summed E-state index contributed by atoms with van der Waals surface area (Å²) in [5, 5.41) is 2.76. The van der Waals surface area contributed by atoms with Crippen LogP contribution < -0.4 is 19.9 Å². The predicted molar refractivity (Wildman–Crippen MR) is 126 cm³/mol. The molecule has 1 amide bonds. The Morgan fingerprint density at radius 1 is 1.06 bits per heavy atom. The third-order valence-electron chi connectivity index (χ3n) is 5.84. The lowest BCUT2D eigenvalue weighted by molar-refractivity contribution is 0.0946. The van der Waals surface area contributed by atoms with Gasteiger partial charge in [-0.05, 0) is 42.7 Å². The molecule has 172 valence electrons. The van der Waals surface area contributed by atoms with Crippen LogP contribution in [0.4, 0.5) is 16.0 Å². The molecule has 2 aromatic carbocycles. The smallest absolute Gasteiger partial charge is 0.258 e. The van der Waals surface area contributed by atoms with Crippen molar-refractivity contribution in [2.45, 2.75) is 20.4 Å². The van der Waals surface area contributed by atoms with E-state index >= 15 is 0 Å². The van der Waals surface area contributed by atoms with Gasteiger partial charge in [0.15, 0.2) is 0 Å². The number of anilines is 2. The zero-order valence-electron chi connectivity index (χ0n) is 19.1. The van der Waals surface area contributed by atoms with Gasteiger partial charge in [-0.3, -0.25) is 4.79 Å². The number of nitrogens with zero attached hydrogens (tertiary/aromatic N) is 4. The number of hydrogen-bond donors (Lipinski definition) is 1. The minimum absolute atomic E-state index is 0.196. The van der Waals surface area contributed by atoms with Gasteiger partial charge in [0.25, 0.3) is 5.91 Å². The second-order valence-electron chi connectivity index (χ2n) is 8.12. The lowest BCUT2D eigenvalue weighted by atomic mass is 10.1. The highest BCUT2D eigenvalue weighted by Crippen LogP contribution is 2.27. The van der Waals surface area contributed by atoms with Crippen molar-refractivity contribution in [3.05, 3.63) is 76.7 Å². The molecule has 1 fully saturated rings. The molecule has 1 N–H and O–H groups in total. The van der Waals surface area contributed by atoms with Crippen molar-refractivity contribution in [1.29, 1.82) is 0 Å². The summed E-state index contributed by atoms with van der Waals surface area (Å²) < 4.78 is 18.7. The van der Waals surface area contributed by atoms with Crippen LogP contribution in [0.25, 0.3) is 0 Å². The maximum atomic E-state index is 13.4. The monoisotopic (exact) mass is 449 g/mol. The highest BCUT2D eigenvalue weighted by molar-refractivity contribution is 5.96. The van der Waals surface area contributed by atoms with Crippen molar-refractivity contribution in [2.75, 3.05) is 43.1 Å². The molecule has 0 saturated carbocycles. The van der Waals surface area contributed by atoms with E-state index in [-0.39, 0.29) is 29.7 Å². The summed E-state index contributed by atoms with van der Waals surface area (Å²) in [4.78, 5) is 26.1. The van der Waals surface area contributed by atoms with E-state index in [1.165, 1.54) is 42.3 Å². The van der Waals surface area contributed by atoms with E-state index in [4.69, 9.17) is 4.74 Å². The SMILES string of the molecule is COc1nc(N2CCN(c3c(C)cccc3C)CC2)ncc1C(=O)NCc1cccc(F)c1. The van der Waals surface area contributed by atoms with Crippen LogP contribution in [0, 0.1) is 19.7 Å². The Hall–Kier alpha value is -3.68. The molecule has 0 spiro atoms. The van der Waals surface area contributed by atoms with Crippen LogP contribution in [-0.4, -0.2) is 49.2 Å². The Morgan fingerprint density at radius 2 is 1.73 bits per heavy atom. The van der Waals surface area contributed by atoms with Crippen molar-refractivity contribution in [2.24, 2.45) is 0 Å². The molecule has 0 bridgehead atoms. The highest BCUT2D eigenvalue weighted by Gasteiger charge is 2.23. The molecular weight excluding hydrogens is 421 g/mol. The number of methoxy groups -OCH3 is 1. The number of piperazine rings is 1. The fourth-order valence-electron chi connectivity index (χ4n) is 4.18. The number of benzene rings is 2. The third kappa shape index (κ3) is 5.05. The molecule has 0 aliphatic carbocycles. The molecular formula is C25H28FN5O2. The van der Waals surface area contributed by atoms with E-state index in [1.54, 1.807) is 12.1 Å². The highest BCUT2D eigenvalue weighted by atomic mass is 19.1. The first-order valence-corrected chi connectivity index (χ1v) is 11.0. The number of para-hydroxylation sites is 1. The molecule has 1 saturated heterocycles. The maximum Gasteiger partial charge on any atom is 0.258 e. The lowest BCUT2D eigenvalue weighted by Crippen LogP contribution is -2.47. The molecule has 7 nitrogen and oxygen atoms in total. The van der Waals surface area contributed by atoms with Crippen LogP contribution in [0.1, 0.15) is 27.0 Å². The van der Waals surface area contributed by atoms with Gasteiger partial charge >= 0.3 is 0 Å². The molecule has 3 aromatic rings. The van der Waals surface area contributed by atoms with Gasteiger partial charge in [0.2, 0.25) is 11.8 Å². The average molecular weight is 450 g/mol. The van der Waals surface area contributed by atoms with Crippen molar-refractivity contribution >= 4 is 17.5 Å². The predicted octanol–water partition coefficient (Wildman–Crippen LogP) is 3.50. The molecule has 33 heavy (non-hydrogen) atoms. The first-order valence-electron chi connectivity index (χ1n) is 11.0. The number of halogens is 1. The van der Waals surface area contributed by atoms with E-state index in [1.807, 2.05) is 0 Å². The number of carbonyl (C=O) groups excluding carboxylic acids is 1. The summed E-state index contributed by atoms with van der Waals surface area (Å²) in [5.41, 5.74) is 4.75. The van der Waals surface area contributed by atoms with Gasteiger partial charge in [-0.2, -0.15) is 4.98 Å². The second-order valence-corrected chi connectivity index (χ2v) is 8.12. The first kappa shape index (κ1) is 22.5. The molecule has 0 atom stereocenters. The Bertz CT molecular complexity index is 1130. The summed E-state index contributed by atoms with van der Waals surface area (Å²) in [6.45, 7) is 7.72. The van der Waals surface area contributed by atoms with Gasteiger partial charge in [-0.1, -0.05) is 30.3 Å². The summed E-state index contributed by atoms with van der Waals surface area (Å²) in [6.07, 6.45) is 1.49. The first-order chi connectivity index (χ1) is 16.0. The standard InChI is InChI=1S/C25H28FN5O2/c1-17-6-4-7-18(2)22(17)30-10-12-31(13-11-30)25-28-16-21(24(29-25)33-3)23(32)27-15-19-8-5-9-20(26)14-19/h4-9,14,16H,10-13,15H2,1-3H3,(H,27,32). The van der Waals surface area contributed by atoms with E-state index in [2.05, 4.69) is 57.1 Å². The van der Waals surface area contributed by atoms with Crippen LogP contribution in [0.3, 0.4) is 0 Å². The average Bonchev–Trinajstić information content (AvgIpc) is 2.82. The topological polar surface area (TPSA) is 70.6 Å². The quantitative estimate of drug-likeness (QED) is 0.621. The molecule has 8 heteroatoms. The van der Waals surface area contributed by atoms with Gasteiger partial charge in [-0.25, -0.2) is 9.37 Å². The minimum Gasteiger partial charge on any atom is -0.480 e. The van der Waals surface area contributed by atoms with Crippen LogP contribution in [0.5, 0.6) is 5.88 Å². The minimum atomic E-state index is -0.373. The Labute approximate surface area is 193 Å². The Balaban J connectivity index is 1.42. The van der Waals surface area contributed by atoms with E-state index in [0.29, 0.717) is 11.5 Å². The fraction of sp³-hybridized carbons (Fsp3) is 0.320. The van der Waals surface area contributed by atoms with Crippen LogP contribution in [-0.2, 0) is 6.54 Å². The van der Waals surface area contributed by atoms with Crippen molar-refractivity contribution < 1.29 is 13.9 Å². The Kier molecular flexibility index (Phi) is 6.72. The van der Waals surface area contributed by atoms with E-state index in [0.717, 1.165) is 26.2 Å². The van der Waals surface area contributed by atoms with Crippen molar-refractivity contribution in [3.63, 3.8) is 0 Å². The molecule has 0 radical (unpaired) electrons. The van der Waals surface area contributed by atoms with Crippen LogP contribution in [0.15, 0.2) is 48.7 Å². The van der Waals surface area contributed by atoms with Crippen molar-refractivity contribution in [3.8, 4) is 5.88 Å². The number of aryl methyl sites for hydroxylation is 2. The third-order valence-corrected chi connectivity index (χ3v) is 5.84. The number of ether oxygens (including phenoxy) is 1. The van der Waals surface area contributed by atoms with Gasteiger partial charge in [0.05, 0.1) is 7.11 Å². The fourth-order valence-corrected chi connectivity index (χ4v) is 4.18. The number of carbonyl (C=O) groups is 1. The number of nitrogens with one attached hydrogen (secondary N) is 1. The van der Waals surface area contributed by atoms with Gasteiger partial charge in [-0.15, -0.1) is 0 Å². The number of aromatic nitrogens is 2. The second kappa shape index (κ2) is 9.85. The molecule has 0 unspecified atom stereocenters. The molecule has 1 aliphatic rings. The van der Waals surface area contributed by atoms with Crippen molar-refractivity contribution in [1.82, 2.24) is 15.3 Å². The lowest BCUT2D eigenvalue weighted by Gasteiger charge is -2.37. The molecule has 1 aliphatic heterocycles. The zero-order valence-corrected chi connectivity index (χ0v) is 19.1. The summed E-state index contributed by atoms with van der Waals surface area (Å²) in [5.74, 6) is 0.0378. The summed E-state index contributed by atoms with van der Waals surface area (Å²) in [6, 6.07) is 12.5. The van der Waals surface area contributed by atoms with Crippen LogP contribution >= 0.6 is 0 Å². The normalized spacial score (nSPS) is 13.7. The zero-order chi connectivity index (χ0) is 23.4. The van der Waals surface area contributed by atoms with Gasteiger partial charge < -0.3 is 19.9 Å². The number of amides is 1. The Morgan fingerprint density at radius 3 is 2.39 bits per heavy atom. The molecule has 1 aromatic heterocycles. The largest absolute Gasteiger partial charge is 0.480 e. The number of hydrogen-bond acceptors (Lipinski definition) is 6. The number of rotatable bonds is 6. The summed E-state index contributed by atoms with van der Waals surface area (Å²) in [7, 11) is 1.48. The van der Waals surface area contributed by atoms with Gasteiger partial charge in [0, 0.05) is 44.6 Å². The van der Waals surface area contributed by atoms with Gasteiger partial charge in [0.1, 0.15) is 11.4 Å². The van der Waals surface area contributed by atoms with E-state index in [9.17, 15) is 9.18 Å². The molecule has 4 rings (SSSR count). The maximum absolute atomic E-state index is 13.4. The van der Waals surface area contributed by atoms with E-state index < -0.39 is 0 Å². The summed E-state index contributed by atoms with van der Waals surface area (Å²) >= 11 is 0.